The Bertz CT molecular complexity index is 722. The highest BCUT2D eigenvalue weighted by Gasteiger charge is 2.15. The highest BCUT2D eigenvalue weighted by molar-refractivity contribution is 5.90. The Balaban J connectivity index is 2.00. The van der Waals surface area contributed by atoms with Crippen LogP contribution in [-0.4, -0.2) is 21.9 Å². The van der Waals surface area contributed by atoms with Crippen molar-refractivity contribution in [2.75, 3.05) is 5.32 Å². The van der Waals surface area contributed by atoms with Gasteiger partial charge in [0.15, 0.2) is 0 Å². The molecule has 0 unspecified atom stereocenters. The quantitative estimate of drug-likeness (QED) is 0.878. The number of hydrogen-bond acceptors (Lipinski definition) is 3. The molecular formula is C18H26N4O2. The molecule has 0 aliphatic carbocycles. The summed E-state index contributed by atoms with van der Waals surface area (Å²) in [6, 6.07) is 5.27. The molecule has 0 saturated carbocycles. The lowest BCUT2D eigenvalue weighted by Gasteiger charge is -2.16. The van der Waals surface area contributed by atoms with Gasteiger partial charge in [-0.25, -0.2) is 4.79 Å². The van der Waals surface area contributed by atoms with Gasteiger partial charge in [0.1, 0.15) is 5.75 Å². The second kappa shape index (κ2) is 7.38. The molecule has 0 saturated heterocycles. The van der Waals surface area contributed by atoms with Gasteiger partial charge in [0.05, 0.1) is 17.8 Å². The standard InChI is InChI=1S/C18H26N4O2/c1-11(2)24-15-7-8-17(12(3)9-15)20-18(23)19-13(4)16-10-22(6)21-14(16)5/h7-11,13H,1-6H3,(H2,19,20,23)/t13-/m1/s1. The van der Waals surface area contributed by atoms with Gasteiger partial charge in [-0.3, -0.25) is 4.68 Å². The number of nitrogens with zero attached hydrogens (tertiary/aromatic N) is 2. The van der Waals surface area contributed by atoms with Crippen LogP contribution in [0.15, 0.2) is 24.4 Å². The molecule has 1 atom stereocenters. The molecule has 2 N–H and O–H groups in total. The molecule has 6 heteroatoms. The molecule has 0 aliphatic heterocycles. The van der Waals surface area contributed by atoms with E-state index in [-0.39, 0.29) is 18.2 Å². The predicted octanol–water partition coefficient (Wildman–Crippen LogP) is 3.71. The van der Waals surface area contributed by atoms with Crippen molar-refractivity contribution in [2.24, 2.45) is 7.05 Å². The molecule has 24 heavy (non-hydrogen) atoms. The van der Waals surface area contributed by atoms with E-state index >= 15 is 0 Å². The number of hydrogen-bond donors (Lipinski definition) is 2. The molecule has 0 radical (unpaired) electrons. The molecule has 0 bridgehead atoms. The molecule has 0 fully saturated rings. The molecule has 1 heterocycles. The monoisotopic (exact) mass is 330 g/mol. The fourth-order valence-corrected chi connectivity index (χ4v) is 2.60. The van der Waals surface area contributed by atoms with Crippen molar-refractivity contribution >= 4 is 11.7 Å². The number of amides is 2. The van der Waals surface area contributed by atoms with Crippen LogP contribution in [0.3, 0.4) is 0 Å². The van der Waals surface area contributed by atoms with Crippen LogP contribution in [0, 0.1) is 13.8 Å². The lowest BCUT2D eigenvalue weighted by molar-refractivity contribution is 0.242. The molecule has 2 rings (SSSR count). The van der Waals surface area contributed by atoms with Crippen molar-refractivity contribution in [2.45, 2.75) is 46.8 Å². The second-order valence-corrected chi connectivity index (χ2v) is 6.31. The Morgan fingerprint density at radius 3 is 2.50 bits per heavy atom. The minimum Gasteiger partial charge on any atom is -0.491 e. The smallest absolute Gasteiger partial charge is 0.319 e. The molecular weight excluding hydrogens is 304 g/mol. The fourth-order valence-electron chi connectivity index (χ4n) is 2.60. The lowest BCUT2D eigenvalue weighted by atomic mass is 10.1. The Morgan fingerprint density at radius 1 is 1.25 bits per heavy atom. The number of aryl methyl sites for hydroxylation is 3. The van der Waals surface area contributed by atoms with Crippen LogP contribution in [0.5, 0.6) is 5.75 Å². The third-order valence-corrected chi connectivity index (χ3v) is 3.68. The predicted molar refractivity (Wildman–Crippen MR) is 95.5 cm³/mol. The summed E-state index contributed by atoms with van der Waals surface area (Å²) in [6.07, 6.45) is 2.04. The van der Waals surface area contributed by atoms with Crippen molar-refractivity contribution in [3.63, 3.8) is 0 Å². The number of ether oxygens (including phenoxy) is 1. The molecule has 1 aromatic carbocycles. The summed E-state index contributed by atoms with van der Waals surface area (Å²) in [6.45, 7) is 9.78. The van der Waals surface area contributed by atoms with Gasteiger partial charge in [-0.2, -0.15) is 5.10 Å². The average molecular weight is 330 g/mol. The Kier molecular flexibility index (Phi) is 5.49. The first-order chi connectivity index (χ1) is 11.3. The second-order valence-electron chi connectivity index (χ2n) is 6.31. The zero-order valence-corrected chi connectivity index (χ0v) is 15.2. The summed E-state index contributed by atoms with van der Waals surface area (Å²) in [5.74, 6) is 0.799. The first-order valence-electron chi connectivity index (χ1n) is 8.11. The van der Waals surface area contributed by atoms with Gasteiger partial charge in [-0.15, -0.1) is 0 Å². The largest absolute Gasteiger partial charge is 0.491 e. The summed E-state index contributed by atoms with van der Waals surface area (Å²) < 4.78 is 7.40. The summed E-state index contributed by atoms with van der Waals surface area (Å²) in [5, 5.41) is 10.1. The van der Waals surface area contributed by atoms with Gasteiger partial charge in [0.2, 0.25) is 0 Å². The Morgan fingerprint density at radius 2 is 1.96 bits per heavy atom. The zero-order valence-electron chi connectivity index (χ0n) is 15.2. The van der Waals surface area contributed by atoms with E-state index in [2.05, 4.69) is 15.7 Å². The summed E-state index contributed by atoms with van der Waals surface area (Å²) in [5.41, 5.74) is 3.63. The van der Waals surface area contributed by atoms with Crippen LogP contribution in [0.2, 0.25) is 0 Å². The minimum absolute atomic E-state index is 0.120. The minimum atomic E-state index is -0.244. The van der Waals surface area contributed by atoms with E-state index in [9.17, 15) is 4.79 Å². The van der Waals surface area contributed by atoms with E-state index in [1.165, 1.54) is 0 Å². The first kappa shape index (κ1) is 17.8. The summed E-state index contributed by atoms with van der Waals surface area (Å²) in [7, 11) is 1.87. The van der Waals surface area contributed by atoms with Crippen LogP contribution in [0.1, 0.15) is 43.6 Å². The number of aromatic nitrogens is 2. The molecule has 6 nitrogen and oxygen atoms in total. The molecule has 2 amide bonds. The van der Waals surface area contributed by atoms with Crippen LogP contribution in [0.4, 0.5) is 10.5 Å². The number of nitrogens with one attached hydrogen (secondary N) is 2. The van der Waals surface area contributed by atoms with Crippen LogP contribution in [-0.2, 0) is 7.05 Å². The van der Waals surface area contributed by atoms with Crippen LogP contribution in [0.25, 0.3) is 0 Å². The Hall–Kier alpha value is -2.50. The average Bonchev–Trinajstić information content (AvgIpc) is 2.80. The van der Waals surface area contributed by atoms with Crippen molar-refractivity contribution < 1.29 is 9.53 Å². The van der Waals surface area contributed by atoms with Gasteiger partial charge in [-0.05, 0) is 58.4 Å². The number of anilines is 1. The number of rotatable bonds is 5. The molecule has 1 aromatic heterocycles. The van der Waals surface area contributed by atoms with Gasteiger partial charge >= 0.3 is 6.03 Å². The summed E-state index contributed by atoms with van der Waals surface area (Å²) >= 11 is 0. The molecule has 2 aromatic rings. The fraction of sp³-hybridized carbons (Fsp3) is 0.444. The van der Waals surface area contributed by atoms with E-state index in [4.69, 9.17) is 4.74 Å². The highest BCUT2D eigenvalue weighted by Crippen LogP contribution is 2.22. The van der Waals surface area contributed by atoms with E-state index in [1.807, 2.05) is 66.1 Å². The van der Waals surface area contributed by atoms with Crippen LogP contribution < -0.4 is 15.4 Å². The van der Waals surface area contributed by atoms with E-state index in [1.54, 1.807) is 4.68 Å². The maximum absolute atomic E-state index is 12.2. The van der Waals surface area contributed by atoms with Gasteiger partial charge < -0.3 is 15.4 Å². The van der Waals surface area contributed by atoms with E-state index in [0.29, 0.717) is 0 Å². The van der Waals surface area contributed by atoms with Crippen molar-refractivity contribution in [1.82, 2.24) is 15.1 Å². The number of benzene rings is 1. The number of urea groups is 1. The third kappa shape index (κ3) is 4.50. The van der Waals surface area contributed by atoms with Gasteiger partial charge in [0, 0.05) is 24.5 Å². The third-order valence-electron chi connectivity index (χ3n) is 3.68. The van der Waals surface area contributed by atoms with Crippen molar-refractivity contribution in [1.29, 1.82) is 0 Å². The zero-order chi connectivity index (χ0) is 17.9. The number of carbonyl (C=O) groups excluding carboxylic acids is 1. The maximum Gasteiger partial charge on any atom is 0.319 e. The van der Waals surface area contributed by atoms with Crippen molar-refractivity contribution in [3.05, 3.63) is 41.2 Å². The molecule has 0 aliphatic rings. The molecule has 0 spiro atoms. The first-order valence-corrected chi connectivity index (χ1v) is 8.11. The normalized spacial score (nSPS) is 12.1. The van der Waals surface area contributed by atoms with Gasteiger partial charge in [0.25, 0.3) is 0 Å². The Labute approximate surface area is 143 Å². The topological polar surface area (TPSA) is 68.2 Å². The van der Waals surface area contributed by atoms with Gasteiger partial charge in [-0.1, -0.05) is 0 Å². The van der Waals surface area contributed by atoms with Crippen molar-refractivity contribution in [3.8, 4) is 5.75 Å². The maximum atomic E-state index is 12.2. The number of carbonyl (C=O) groups is 1. The van der Waals surface area contributed by atoms with E-state index < -0.39 is 0 Å². The molecule has 130 valence electrons. The van der Waals surface area contributed by atoms with Crippen LogP contribution >= 0.6 is 0 Å². The summed E-state index contributed by atoms with van der Waals surface area (Å²) in [4.78, 5) is 12.2. The SMILES string of the molecule is Cc1cc(OC(C)C)ccc1NC(=O)N[C@H](C)c1cn(C)nc1C. The lowest BCUT2D eigenvalue weighted by Crippen LogP contribution is -2.31. The highest BCUT2D eigenvalue weighted by atomic mass is 16.5. The van der Waals surface area contributed by atoms with E-state index in [0.717, 1.165) is 28.3 Å².